The molecule has 110 valence electrons. The van der Waals surface area contributed by atoms with Crippen LogP contribution in [-0.4, -0.2) is 29.1 Å². The molecule has 1 aromatic carbocycles. The normalized spacial score (nSPS) is 25.4. The molecule has 4 heteroatoms. The number of piperidine rings is 1. The maximum Gasteiger partial charge on any atom is 0.310 e. The van der Waals surface area contributed by atoms with E-state index in [1.807, 2.05) is 19.1 Å². The van der Waals surface area contributed by atoms with Crippen molar-refractivity contribution < 1.29 is 9.90 Å². The number of carboxylic acid groups (broad SMARTS) is 1. The van der Waals surface area contributed by atoms with Gasteiger partial charge in [-0.2, -0.15) is 0 Å². The summed E-state index contributed by atoms with van der Waals surface area (Å²) in [6.07, 6.45) is 2.72. The number of hydrogen-bond donors (Lipinski definition) is 1. The second kappa shape index (κ2) is 6.27. The van der Waals surface area contributed by atoms with E-state index >= 15 is 0 Å². The van der Waals surface area contributed by atoms with E-state index in [0.717, 1.165) is 30.3 Å². The van der Waals surface area contributed by atoms with E-state index in [2.05, 4.69) is 39.9 Å². The third-order valence-electron chi connectivity index (χ3n) is 4.30. The Hall–Kier alpha value is -0.870. The smallest absolute Gasteiger partial charge is 0.310 e. The molecule has 0 aromatic heterocycles. The third kappa shape index (κ3) is 3.23. The maximum atomic E-state index is 11.5. The van der Waals surface area contributed by atoms with Crippen LogP contribution in [0.15, 0.2) is 28.7 Å². The van der Waals surface area contributed by atoms with Crippen LogP contribution in [0.1, 0.15) is 44.7 Å². The molecule has 0 aliphatic carbocycles. The molecule has 0 saturated carbocycles. The molecule has 1 heterocycles. The summed E-state index contributed by atoms with van der Waals surface area (Å²) in [5.41, 5.74) is 0.647. The Morgan fingerprint density at radius 1 is 1.55 bits per heavy atom. The molecule has 1 aliphatic rings. The summed E-state index contributed by atoms with van der Waals surface area (Å²) < 4.78 is 1.08. The highest BCUT2D eigenvalue weighted by molar-refractivity contribution is 9.10. The van der Waals surface area contributed by atoms with Crippen LogP contribution in [0.5, 0.6) is 0 Å². The molecule has 0 bridgehead atoms. The fraction of sp³-hybridized carbons (Fsp3) is 0.562. The molecular weight excluding hydrogens is 318 g/mol. The average molecular weight is 340 g/mol. The largest absolute Gasteiger partial charge is 0.481 e. The van der Waals surface area contributed by atoms with E-state index in [0.29, 0.717) is 12.6 Å². The van der Waals surface area contributed by atoms with Crippen LogP contribution in [0.2, 0.25) is 0 Å². The summed E-state index contributed by atoms with van der Waals surface area (Å²) in [5, 5.41) is 9.45. The van der Waals surface area contributed by atoms with Gasteiger partial charge in [0.15, 0.2) is 0 Å². The van der Waals surface area contributed by atoms with Crippen molar-refractivity contribution in [1.29, 1.82) is 0 Å². The number of carboxylic acids is 1. The highest BCUT2D eigenvalue weighted by Gasteiger charge is 2.39. The molecular formula is C16H22BrNO2. The van der Waals surface area contributed by atoms with E-state index < -0.39 is 11.4 Å². The van der Waals surface area contributed by atoms with Crippen molar-refractivity contribution >= 4 is 21.9 Å². The van der Waals surface area contributed by atoms with Crippen LogP contribution >= 0.6 is 15.9 Å². The lowest BCUT2D eigenvalue weighted by Gasteiger charge is -2.41. The summed E-state index contributed by atoms with van der Waals surface area (Å²) in [5.74, 6) is -0.675. The molecule has 1 N–H and O–H groups in total. The standard InChI is InChI=1S/C16H22BrNO2/c1-3-14(12-6-4-7-13(17)10-12)18-9-5-8-16(2,11-18)15(19)20/h4,6-7,10,14H,3,5,8-9,11H2,1-2H3,(H,19,20). The first-order chi connectivity index (χ1) is 9.46. The van der Waals surface area contributed by atoms with Gasteiger partial charge < -0.3 is 5.11 Å². The maximum absolute atomic E-state index is 11.5. The van der Waals surface area contributed by atoms with E-state index in [1.54, 1.807) is 0 Å². The Kier molecular flexibility index (Phi) is 4.86. The SMILES string of the molecule is CCC(c1cccc(Br)c1)N1CCCC(C)(C(=O)O)C1. The molecule has 1 aromatic rings. The van der Waals surface area contributed by atoms with Gasteiger partial charge in [-0.15, -0.1) is 0 Å². The lowest BCUT2D eigenvalue weighted by atomic mass is 9.81. The monoisotopic (exact) mass is 339 g/mol. The average Bonchev–Trinajstić information content (AvgIpc) is 2.40. The zero-order valence-corrected chi connectivity index (χ0v) is 13.7. The summed E-state index contributed by atoms with van der Waals surface area (Å²) in [7, 11) is 0. The molecule has 0 amide bonds. The molecule has 1 fully saturated rings. The summed E-state index contributed by atoms with van der Waals surface area (Å²) >= 11 is 3.52. The van der Waals surface area contributed by atoms with Crippen LogP contribution < -0.4 is 0 Å². The van der Waals surface area contributed by atoms with Gasteiger partial charge in [0.2, 0.25) is 0 Å². The van der Waals surface area contributed by atoms with Gasteiger partial charge in [0, 0.05) is 17.1 Å². The zero-order chi connectivity index (χ0) is 14.8. The molecule has 2 rings (SSSR count). The highest BCUT2D eigenvalue weighted by atomic mass is 79.9. The van der Waals surface area contributed by atoms with Gasteiger partial charge in [0.1, 0.15) is 0 Å². The fourth-order valence-electron chi connectivity index (χ4n) is 3.14. The van der Waals surface area contributed by atoms with Crippen molar-refractivity contribution in [2.45, 2.75) is 39.2 Å². The predicted octanol–water partition coefficient (Wildman–Crippen LogP) is 4.09. The number of rotatable bonds is 4. The van der Waals surface area contributed by atoms with Crippen molar-refractivity contribution in [2.24, 2.45) is 5.41 Å². The summed E-state index contributed by atoms with van der Waals surface area (Å²) in [4.78, 5) is 13.8. The minimum Gasteiger partial charge on any atom is -0.481 e. The lowest BCUT2D eigenvalue weighted by Crippen LogP contribution is -2.47. The Labute approximate surface area is 129 Å². The Bertz CT molecular complexity index is 491. The quantitative estimate of drug-likeness (QED) is 0.898. The van der Waals surface area contributed by atoms with Crippen molar-refractivity contribution in [1.82, 2.24) is 4.90 Å². The second-order valence-electron chi connectivity index (χ2n) is 5.92. The summed E-state index contributed by atoms with van der Waals surface area (Å²) in [6, 6.07) is 8.63. The molecule has 20 heavy (non-hydrogen) atoms. The minimum atomic E-state index is -0.675. The fourth-order valence-corrected chi connectivity index (χ4v) is 3.55. The van der Waals surface area contributed by atoms with Gasteiger partial charge in [0.05, 0.1) is 5.41 Å². The number of benzene rings is 1. The number of aliphatic carboxylic acids is 1. The first kappa shape index (κ1) is 15.5. The van der Waals surface area contributed by atoms with E-state index in [4.69, 9.17) is 0 Å². The number of likely N-dealkylation sites (tertiary alicyclic amines) is 1. The van der Waals surface area contributed by atoms with Crippen molar-refractivity contribution in [2.75, 3.05) is 13.1 Å². The van der Waals surface area contributed by atoms with E-state index in [9.17, 15) is 9.90 Å². The predicted molar refractivity (Wildman–Crippen MR) is 83.7 cm³/mol. The molecule has 1 aliphatic heterocycles. The van der Waals surface area contributed by atoms with Crippen LogP contribution in [-0.2, 0) is 4.79 Å². The van der Waals surface area contributed by atoms with Crippen LogP contribution in [0.25, 0.3) is 0 Å². The second-order valence-corrected chi connectivity index (χ2v) is 6.83. The van der Waals surface area contributed by atoms with Gasteiger partial charge in [-0.1, -0.05) is 35.0 Å². The van der Waals surface area contributed by atoms with Crippen molar-refractivity contribution in [3.8, 4) is 0 Å². The van der Waals surface area contributed by atoms with Gasteiger partial charge in [0.25, 0.3) is 0 Å². The lowest BCUT2D eigenvalue weighted by molar-refractivity contribution is -0.151. The van der Waals surface area contributed by atoms with E-state index in [1.165, 1.54) is 5.56 Å². The first-order valence-corrected chi connectivity index (χ1v) is 7.98. The van der Waals surface area contributed by atoms with Gasteiger partial charge in [-0.3, -0.25) is 9.69 Å². The third-order valence-corrected chi connectivity index (χ3v) is 4.80. The van der Waals surface area contributed by atoms with Gasteiger partial charge >= 0.3 is 5.97 Å². The molecule has 1 saturated heterocycles. The first-order valence-electron chi connectivity index (χ1n) is 7.19. The van der Waals surface area contributed by atoms with Gasteiger partial charge in [-0.25, -0.2) is 0 Å². The van der Waals surface area contributed by atoms with Crippen molar-refractivity contribution in [3.63, 3.8) is 0 Å². The van der Waals surface area contributed by atoms with Crippen LogP contribution in [0.3, 0.4) is 0 Å². The summed E-state index contributed by atoms with van der Waals surface area (Å²) in [6.45, 7) is 5.65. The number of carbonyl (C=O) groups is 1. The van der Waals surface area contributed by atoms with E-state index in [-0.39, 0.29) is 0 Å². The minimum absolute atomic E-state index is 0.298. The number of halogens is 1. The van der Waals surface area contributed by atoms with Crippen LogP contribution in [0, 0.1) is 5.41 Å². The number of hydrogen-bond acceptors (Lipinski definition) is 2. The Balaban J connectivity index is 2.21. The van der Waals surface area contributed by atoms with Gasteiger partial charge in [-0.05, 0) is 50.4 Å². The molecule has 0 radical (unpaired) electrons. The molecule has 2 atom stereocenters. The molecule has 0 spiro atoms. The van der Waals surface area contributed by atoms with Crippen LogP contribution in [0.4, 0.5) is 0 Å². The molecule has 3 nitrogen and oxygen atoms in total. The zero-order valence-electron chi connectivity index (χ0n) is 12.1. The highest BCUT2D eigenvalue weighted by Crippen LogP contribution is 2.36. The Morgan fingerprint density at radius 2 is 2.30 bits per heavy atom. The Morgan fingerprint density at radius 3 is 2.90 bits per heavy atom. The topological polar surface area (TPSA) is 40.5 Å². The number of nitrogens with zero attached hydrogens (tertiary/aromatic N) is 1. The molecule has 2 unspecified atom stereocenters. The van der Waals surface area contributed by atoms with Crippen molar-refractivity contribution in [3.05, 3.63) is 34.3 Å².